The molecule has 90 valence electrons. The fraction of sp³-hybridized carbons (Fsp3) is 0.529. The summed E-state index contributed by atoms with van der Waals surface area (Å²) >= 11 is 0. The van der Waals surface area contributed by atoms with E-state index in [1.165, 1.54) is 48.8 Å². The van der Waals surface area contributed by atoms with E-state index in [-0.39, 0.29) is 5.41 Å². The van der Waals surface area contributed by atoms with E-state index in [4.69, 9.17) is 0 Å². The van der Waals surface area contributed by atoms with Gasteiger partial charge in [-0.3, -0.25) is 0 Å². The molecule has 1 aliphatic rings. The number of rotatable bonds is 0. The van der Waals surface area contributed by atoms with Gasteiger partial charge in [0.25, 0.3) is 0 Å². The third-order valence-corrected chi connectivity index (χ3v) is 3.69. The van der Waals surface area contributed by atoms with Crippen molar-refractivity contribution in [1.29, 1.82) is 0 Å². The number of aryl methyl sites for hydroxylation is 2. The van der Waals surface area contributed by atoms with Gasteiger partial charge in [-0.05, 0) is 56.9 Å². The Morgan fingerprint density at radius 2 is 1.53 bits per heavy atom. The Morgan fingerprint density at radius 3 is 2.12 bits per heavy atom. The first-order chi connectivity index (χ1) is 8.07. The topological polar surface area (TPSA) is 0 Å². The molecular weight excluding hydrogens is 204 g/mol. The van der Waals surface area contributed by atoms with Crippen LogP contribution in [0.4, 0.5) is 0 Å². The zero-order chi connectivity index (χ0) is 12.3. The van der Waals surface area contributed by atoms with E-state index in [2.05, 4.69) is 50.8 Å². The summed E-state index contributed by atoms with van der Waals surface area (Å²) in [6.45, 7) is 6.60. The van der Waals surface area contributed by atoms with Crippen LogP contribution in [0.25, 0.3) is 0 Å². The summed E-state index contributed by atoms with van der Waals surface area (Å²) in [6, 6.07) is 6.58. The van der Waals surface area contributed by atoms with Crippen LogP contribution in [-0.2, 0) is 0 Å². The minimum absolute atomic E-state index is 0.260. The van der Waals surface area contributed by atoms with E-state index in [0.29, 0.717) is 0 Å². The van der Waals surface area contributed by atoms with Crippen molar-refractivity contribution in [1.82, 2.24) is 0 Å². The molecule has 0 heterocycles. The zero-order valence-electron chi connectivity index (χ0n) is 11.3. The van der Waals surface area contributed by atoms with Crippen molar-refractivity contribution in [3.63, 3.8) is 0 Å². The predicted octanol–water partition coefficient (Wildman–Crippen LogP) is 4.63. The zero-order valence-corrected chi connectivity index (χ0v) is 11.3. The van der Waals surface area contributed by atoms with Gasteiger partial charge >= 0.3 is 0 Å². The van der Waals surface area contributed by atoms with Crippen LogP contribution in [0, 0.1) is 31.1 Å². The normalized spacial score (nSPS) is 18.3. The van der Waals surface area contributed by atoms with Crippen molar-refractivity contribution in [2.75, 3.05) is 0 Å². The van der Waals surface area contributed by atoms with Gasteiger partial charge in [0.05, 0.1) is 0 Å². The van der Waals surface area contributed by atoms with Gasteiger partial charge in [0, 0.05) is 11.0 Å². The van der Waals surface area contributed by atoms with Gasteiger partial charge in [-0.25, -0.2) is 0 Å². The summed E-state index contributed by atoms with van der Waals surface area (Å²) in [5.41, 5.74) is 4.05. The molecule has 0 nitrogen and oxygen atoms in total. The van der Waals surface area contributed by atoms with Gasteiger partial charge in [0.2, 0.25) is 0 Å². The molecule has 0 radical (unpaired) electrons. The summed E-state index contributed by atoms with van der Waals surface area (Å²) in [4.78, 5) is 0. The number of hydrogen-bond donors (Lipinski definition) is 0. The number of hydrogen-bond acceptors (Lipinski definition) is 0. The first-order valence-corrected chi connectivity index (χ1v) is 6.69. The maximum atomic E-state index is 3.52. The summed E-state index contributed by atoms with van der Waals surface area (Å²) in [5.74, 6) is 6.91. The van der Waals surface area contributed by atoms with E-state index in [1.54, 1.807) is 0 Å². The lowest BCUT2D eigenvalue weighted by Gasteiger charge is -2.27. The molecule has 1 aliphatic carbocycles. The molecule has 0 heteroatoms. The van der Waals surface area contributed by atoms with Crippen LogP contribution in [0.5, 0.6) is 0 Å². The van der Waals surface area contributed by atoms with Crippen LogP contribution in [-0.4, -0.2) is 0 Å². The van der Waals surface area contributed by atoms with Crippen molar-refractivity contribution in [2.45, 2.75) is 52.9 Å². The predicted molar refractivity (Wildman–Crippen MR) is 74.0 cm³/mol. The van der Waals surface area contributed by atoms with E-state index >= 15 is 0 Å². The summed E-state index contributed by atoms with van der Waals surface area (Å²) < 4.78 is 0. The highest BCUT2D eigenvalue weighted by Gasteiger charge is 2.23. The SMILES string of the molecule is Cc1cc(C)cc(C#CC2(C)CCCCC2)c1. The Kier molecular flexibility index (Phi) is 3.57. The molecule has 17 heavy (non-hydrogen) atoms. The first kappa shape index (κ1) is 12.2. The maximum Gasteiger partial charge on any atom is 0.0290 e. The van der Waals surface area contributed by atoms with Crippen LogP contribution in [0.1, 0.15) is 55.7 Å². The molecule has 0 bridgehead atoms. The van der Waals surface area contributed by atoms with Crippen LogP contribution in [0.3, 0.4) is 0 Å². The van der Waals surface area contributed by atoms with Crippen LogP contribution < -0.4 is 0 Å². The minimum Gasteiger partial charge on any atom is -0.0914 e. The fourth-order valence-electron chi connectivity index (χ4n) is 2.73. The summed E-state index contributed by atoms with van der Waals surface area (Å²) in [6.07, 6.45) is 6.62. The minimum atomic E-state index is 0.260. The molecule has 2 rings (SSSR count). The number of benzene rings is 1. The molecule has 0 saturated heterocycles. The third-order valence-electron chi connectivity index (χ3n) is 3.69. The molecule has 1 saturated carbocycles. The van der Waals surface area contributed by atoms with Gasteiger partial charge in [0.15, 0.2) is 0 Å². The lowest BCUT2D eigenvalue weighted by atomic mass is 9.76. The quantitative estimate of drug-likeness (QED) is 0.566. The van der Waals surface area contributed by atoms with Crippen molar-refractivity contribution in [2.24, 2.45) is 5.41 Å². The van der Waals surface area contributed by atoms with Gasteiger partial charge in [0.1, 0.15) is 0 Å². The molecule has 0 N–H and O–H groups in total. The molecule has 0 spiro atoms. The standard InChI is InChI=1S/C17H22/c1-14-11-15(2)13-16(12-14)7-10-17(3)8-5-4-6-9-17/h11-13H,4-6,8-9H2,1-3H3. The monoisotopic (exact) mass is 226 g/mol. The molecular formula is C17H22. The largest absolute Gasteiger partial charge is 0.0914 e. The van der Waals surface area contributed by atoms with E-state index in [1.807, 2.05) is 0 Å². The highest BCUT2D eigenvalue weighted by Crippen LogP contribution is 2.34. The van der Waals surface area contributed by atoms with Crippen LogP contribution >= 0.6 is 0 Å². The Hall–Kier alpha value is -1.22. The molecule has 1 aromatic rings. The van der Waals surface area contributed by atoms with E-state index in [9.17, 15) is 0 Å². The molecule has 0 atom stereocenters. The van der Waals surface area contributed by atoms with Crippen LogP contribution in [0.15, 0.2) is 18.2 Å². The Labute approximate surface area is 105 Å². The second-order valence-electron chi connectivity index (χ2n) is 5.75. The van der Waals surface area contributed by atoms with E-state index < -0.39 is 0 Å². The van der Waals surface area contributed by atoms with Gasteiger partial charge in [-0.1, -0.05) is 37.2 Å². The Balaban J connectivity index is 2.19. The first-order valence-electron chi connectivity index (χ1n) is 6.69. The molecule has 0 aliphatic heterocycles. The van der Waals surface area contributed by atoms with Crippen molar-refractivity contribution in [3.8, 4) is 11.8 Å². The molecule has 1 aromatic carbocycles. The fourth-order valence-corrected chi connectivity index (χ4v) is 2.73. The van der Waals surface area contributed by atoms with Crippen molar-refractivity contribution >= 4 is 0 Å². The average Bonchev–Trinajstić information content (AvgIpc) is 2.26. The van der Waals surface area contributed by atoms with Crippen molar-refractivity contribution in [3.05, 3.63) is 34.9 Å². The average molecular weight is 226 g/mol. The highest BCUT2D eigenvalue weighted by molar-refractivity contribution is 5.40. The third kappa shape index (κ3) is 3.37. The highest BCUT2D eigenvalue weighted by atomic mass is 14.3. The second kappa shape index (κ2) is 4.96. The second-order valence-corrected chi connectivity index (χ2v) is 5.75. The lowest BCUT2D eigenvalue weighted by Crippen LogP contribution is -2.17. The summed E-state index contributed by atoms with van der Waals surface area (Å²) in [7, 11) is 0. The lowest BCUT2D eigenvalue weighted by molar-refractivity contribution is 0.299. The Bertz CT molecular complexity index is 430. The summed E-state index contributed by atoms with van der Waals surface area (Å²) in [5, 5.41) is 0. The van der Waals surface area contributed by atoms with Gasteiger partial charge in [-0.2, -0.15) is 0 Å². The molecule has 0 unspecified atom stereocenters. The Morgan fingerprint density at radius 1 is 0.941 bits per heavy atom. The van der Waals surface area contributed by atoms with Gasteiger partial charge < -0.3 is 0 Å². The van der Waals surface area contributed by atoms with E-state index in [0.717, 1.165) is 0 Å². The molecule has 0 aromatic heterocycles. The van der Waals surface area contributed by atoms with Crippen molar-refractivity contribution < 1.29 is 0 Å². The van der Waals surface area contributed by atoms with Crippen LogP contribution in [0.2, 0.25) is 0 Å². The maximum absolute atomic E-state index is 3.52. The van der Waals surface area contributed by atoms with Gasteiger partial charge in [-0.15, -0.1) is 0 Å². The molecule has 1 fully saturated rings. The molecule has 0 amide bonds. The smallest absolute Gasteiger partial charge is 0.0290 e.